The first-order valence-electron chi connectivity index (χ1n) is 7.30. The fraction of sp³-hybridized carbons (Fsp3) is 0.500. The lowest BCUT2D eigenvalue weighted by molar-refractivity contribution is -0.123. The molecule has 5 nitrogen and oxygen atoms in total. The van der Waals surface area contributed by atoms with Crippen LogP contribution in [-0.2, 0) is 4.79 Å². The zero-order chi connectivity index (χ0) is 15.5. The molecule has 1 heterocycles. The summed E-state index contributed by atoms with van der Waals surface area (Å²) in [6.07, 6.45) is 0.933. The smallest absolute Gasteiger partial charge is 0.253 e. The minimum absolute atomic E-state index is 0.106. The number of anilines is 1. The zero-order valence-corrected chi connectivity index (χ0v) is 12.8. The Labute approximate surface area is 125 Å². The molecular weight excluding hydrogens is 266 g/mol. The minimum Gasteiger partial charge on any atom is -0.348 e. The van der Waals surface area contributed by atoms with Crippen molar-refractivity contribution in [3.05, 3.63) is 29.8 Å². The molecule has 5 heteroatoms. The fourth-order valence-corrected chi connectivity index (χ4v) is 2.14. The summed E-state index contributed by atoms with van der Waals surface area (Å²) in [5.74, 6) is -0.251. The Kier molecular flexibility index (Phi) is 4.63. The largest absolute Gasteiger partial charge is 0.348 e. The van der Waals surface area contributed by atoms with Crippen LogP contribution >= 0.6 is 0 Å². The van der Waals surface area contributed by atoms with E-state index in [4.69, 9.17) is 0 Å². The van der Waals surface area contributed by atoms with E-state index in [1.165, 1.54) is 0 Å². The van der Waals surface area contributed by atoms with Crippen LogP contribution in [0.1, 0.15) is 37.6 Å². The molecule has 1 aromatic carbocycles. The molecule has 0 radical (unpaired) electrons. The summed E-state index contributed by atoms with van der Waals surface area (Å²) in [5, 5.41) is 9.05. The molecular formula is C16H23N3O2. The van der Waals surface area contributed by atoms with E-state index in [-0.39, 0.29) is 17.9 Å². The average Bonchev–Trinajstić information content (AvgIpc) is 2.91. The van der Waals surface area contributed by atoms with Crippen molar-refractivity contribution >= 4 is 17.5 Å². The molecule has 0 spiro atoms. The number of hydrogen-bond donors (Lipinski definition) is 3. The van der Waals surface area contributed by atoms with Gasteiger partial charge >= 0.3 is 0 Å². The fourth-order valence-electron chi connectivity index (χ4n) is 2.14. The molecule has 0 bridgehead atoms. The van der Waals surface area contributed by atoms with Crippen molar-refractivity contribution in [3.8, 4) is 0 Å². The highest BCUT2D eigenvalue weighted by Crippen LogP contribution is 2.20. The first kappa shape index (κ1) is 15.5. The van der Waals surface area contributed by atoms with Gasteiger partial charge < -0.3 is 16.0 Å². The summed E-state index contributed by atoms with van der Waals surface area (Å²) in [4.78, 5) is 24.5. The van der Waals surface area contributed by atoms with Gasteiger partial charge in [-0.25, -0.2) is 0 Å². The second-order valence-corrected chi connectivity index (χ2v) is 6.41. The monoisotopic (exact) mass is 289 g/mol. The van der Waals surface area contributed by atoms with E-state index < -0.39 is 5.41 Å². The first-order chi connectivity index (χ1) is 9.88. The highest BCUT2D eigenvalue weighted by Gasteiger charge is 2.24. The van der Waals surface area contributed by atoms with Gasteiger partial charge in [0.05, 0.1) is 11.3 Å². The average molecular weight is 289 g/mol. The van der Waals surface area contributed by atoms with Crippen LogP contribution in [0.4, 0.5) is 5.69 Å². The third kappa shape index (κ3) is 4.04. The van der Waals surface area contributed by atoms with E-state index in [9.17, 15) is 9.59 Å². The van der Waals surface area contributed by atoms with Gasteiger partial charge in [-0.05, 0) is 25.1 Å². The van der Waals surface area contributed by atoms with Crippen molar-refractivity contribution in [1.29, 1.82) is 0 Å². The van der Waals surface area contributed by atoms with E-state index >= 15 is 0 Å². The summed E-state index contributed by atoms with van der Waals surface area (Å²) >= 11 is 0. The zero-order valence-electron chi connectivity index (χ0n) is 12.8. The molecule has 1 unspecified atom stereocenters. The van der Waals surface area contributed by atoms with Crippen molar-refractivity contribution in [1.82, 2.24) is 10.6 Å². The van der Waals surface area contributed by atoms with Gasteiger partial charge in [-0.3, -0.25) is 9.59 Å². The predicted molar refractivity (Wildman–Crippen MR) is 83.3 cm³/mol. The predicted octanol–water partition coefficient (Wildman–Crippen LogP) is 1.76. The van der Waals surface area contributed by atoms with E-state index in [0.717, 1.165) is 19.5 Å². The number of amides is 2. The SMILES string of the molecule is CC(C)(C)C(=O)Nc1ccccc1C(=O)NC1CCNC1. The number of para-hydroxylation sites is 1. The summed E-state index contributed by atoms with van der Waals surface area (Å²) in [5.41, 5.74) is 0.557. The first-order valence-corrected chi connectivity index (χ1v) is 7.30. The number of rotatable bonds is 3. The van der Waals surface area contributed by atoms with Crippen LogP contribution in [0, 0.1) is 5.41 Å². The number of benzene rings is 1. The van der Waals surface area contributed by atoms with Crippen LogP contribution < -0.4 is 16.0 Å². The Morgan fingerprint density at radius 1 is 1.24 bits per heavy atom. The van der Waals surface area contributed by atoms with Crippen molar-refractivity contribution in [3.63, 3.8) is 0 Å². The topological polar surface area (TPSA) is 70.2 Å². The normalized spacial score (nSPS) is 18.3. The summed E-state index contributed by atoms with van der Waals surface area (Å²) < 4.78 is 0. The Balaban J connectivity index is 2.12. The maximum absolute atomic E-state index is 12.4. The lowest BCUT2D eigenvalue weighted by Crippen LogP contribution is -2.37. The van der Waals surface area contributed by atoms with Crippen molar-refractivity contribution in [2.24, 2.45) is 5.41 Å². The van der Waals surface area contributed by atoms with Crippen LogP contribution in [0.3, 0.4) is 0 Å². The third-order valence-electron chi connectivity index (χ3n) is 3.50. The molecule has 1 aliphatic rings. The molecule has 0 aliphatic carbocycles. The second-order valence-electron chi connectivity index (χ2n) is 6.41. The number of hydrogen-bond acceptors (Lipinski definition) is 3. The van der Waals surface area contributed by atoms with Crippen LogP contribution in [-0.4, -0.2) is 30.9 Å². The molecule has 2 amide bonds. The Morgan fingerprint density at radius 2 is 1.95 bits per heavy atom. The quantitative estimate of drug-likeness (QED) is 0.794. The van der Waals surface area contributed by atoms with Crippen LogP contribution in [0.5, 0.6) is 0 Å². The van der Waals surface area contributed by atoms with E-state index in [1.54, 1.807) is 18.2 Å². The molecule has 1 aromatic rings. The Morgan fingerprint density at radius 3 is 2.57 bits per heavy atom. The van der Waals surface area contributed by atoms with Gasteiger partial charge in [0.1, 0.15) is 0 Å². The van der Waals surface area contributed by atoms with Gasteiger partial charge in [0.25, 0.3) is 5.91 Å². The van der Waals surface area contributed by atoms with Gasteiger partial charge in [-0.15, -0.1) is 0 Å². The van der Waals surface area contributed by atoms with E-state index in [1.807, 2.05) is 26.8 Å². The maximum atomic E-state index is 12.4. The number of carbonyl (C=O) groups is 2. The van der Waals surface area contributed by atoms with Crippen molar-refractivity contribution in [2.75, 3.05) is 18.4 Å². The number of carbonyl (C=O) groups excluding carboxylic acids is 2. The Hall–Kier alpha value is -1.88. The second kappa shape index (κ2) is 6.26. The molecule has 1 fully saturated rings. The van der Waals surface area contributed by atoms with E-state index in [0.29, 0.717) is 11.3 Å². The molecule has 2 rings (SSSR count). The molecule has 0 saturated carbocycles. The highest BCUT2D eigenvalue weighted by molar-refractivity contribution is 6.04. The molecule has 1 atom stereocenters. The van der Waals surface area contributed by atoms with Crippen molar-refractivity contribution < 1.29 is 9.59 Å². The lowest BCUT2D eigenvalue weighted by atomic mass is 9.95. The lowest BCUT2D eigenvalue weighted by Gasteiger charge is -2.20. The van der Waals surface area contributed by atoms with Crippen LogP contribution in [0.2, 0.25) is 0 Å². The highest BCUT2D eigenvalue weighted by atomic mass is 16.2. The summed E-state index contributed by atoms with van der Waals surface area (Å²) in [7, 11) is 0. The number of nitrogens with one attached hydrogen (secondary N) is 3. The van der Waals surface area contributed by atoms with E-state index in [2.05, 4.69) is 16.0 Å². The molecule has 3 N–H and O–H groups in total. The molecule has 0 aromatic heterocycles. The maximum Gasteiger partial charge on any atom is 0.253 e. The standard InChI is InChI=1S/C16H23N3O2/c1-16(2,3)15(21)19-13-7-5-4-6-12(13)14(20)18-11-8-9-17-10-11/h4-7,11,17H,8-10H2,1-3H3,(H,18,20)(H,19,21). The molecule has 1 aliphatic heterocycles. The van der Waals surface area contributed by atoms with Crippen LogP contribution in [0.15, 0.2) is 24.3 Å². The summed E-state index contributed by atoms with van der Waals surface area (Å²) in [6.45, 7) is 7.25. The Bertz CT molecular complexity index is 529. The molecule has 114 valence electrons. The molecule has 21 heavy (non-hydrogen) atoms. The van der Waals surface area contributed by atoms with Gasteiger partial charge in [0, 0.05) is 18.0 Å². The molecule has 1 saturated heterocycles. The third-order valence-corrected chi connectivity index (χ3v) is 3.50. The van der Waals surface area contributed by atoms with Gasteiger partial charge in [0.2, 0.25) is 5.91 Å². The van der Waals surface area contributed by atoms with Crippen molar-refractivity contribution in [2.45, 2.75) is 33.2 Å². The summed E-state index contributed by atoms with van der Waals surface area (Å²) in [6, 6.07) is 7.26. The van der Waals surface area contributed by atoms with Gasteiger partial charge in [-0.1, -0.05) is 32.9 Å². The minimum atomic E-state index is -0.501. The van der Waals surface area contributed by atoms with Crippen LogP contribution in [0.25, 0.3) is 0 Å². The van der Waals surface area contributed by atoms with Gasteiger partial charge in [-0.2, -0.15) is 0 Å². The van der Waals surface area contributed by atoms with Gasteiger partial charge in [0.15, 0.2) is 0 Å².